The maximum atomic E-state index is 10.7. The first kappa shape index (κ1) is 18.4. The number of hydrogen-bond donors (Lipinski definition) is 1. The van der Waals surface area contributed by atoms with Crippen molar-refractivity contribution in [3.05, 3.63) is 77.6 Å². The zero-order valence-corrected chi connectivity index (χ0v) is 16.2. The molecule has 0 amide bonds. The molecule has 6 heteroatoms. The zero-order chi connectivity index (χ0) is 19.3. The van der Waals surface area contributed by atoms with Gasteiger partial charge in [-0.05, 0) is 30.2 Å². The van der Waals surface area contributed by atoms with E-state index in [9.17, 15) is 5.11 Å². The Kier molecular flexibility index (Phi) is 5.50. The summed E-state index contributed by atoms with van der Waals surface area (Å²) in [6.07, 6.45) is 1.88. The Labute approximate surface area is 167 Å². The van der Waals surface area contributed by atoms with E-state index in [1.165, 1.54) is 11.3 Å². The molecule has 142 valence electrons. The van der Waals surface area contributed by atoms with Crippen LogP contribution in [-0.4, -0.2) is 32.4 Å². The summed E-state index contributed by atoms with van der Waals surface area (Å²) < 4.78 is 7.91. The molecule has 0 radical (unpaired) electrons. The summed E-state index contributed by atoms with van der Waals surface area (Å²) in [5.74, 6) is 1.53. The SMILES string of the molecule is C=CCc1ccccc1OC[C@H](O)Cn1c(-c2cscn2)nc2ccccc21. The molecule has 4 aromatic rings. The lowest BCUT2D eigenvalue weighted by Crippen LogP contribution is -2.24. The Bertz CT molecular complexity index is 1070. The summed E-state index contributed by atoms with van der Waals surface area (Å²) in [5, 5.41) is 12.6. The number of ether oxygens (including phenoxy) is 1. The minimum atomic E-state index is -0.688. The second-order valence-electron chi connectivity index (χ2n) is 6.47. The van der Waals surface area contributed by atoms with Gasteiger partial charge in [0.15, 0.2) is 5.82 Å². The number of benzene rings is 2. The number of hydrogen-bond acceptors (Lipinski definition) is 5. The van der Waals surface area contributed by atoms with E-state index in [2.05, 4.69) is 11.6 Å². The van der Waals surface area contributed by atoms with Crippen molar-refractivity contribution in [1.29, 1.82) is 0 Å². The van der Waals surface area contributed by atoms with Gasteiger partial charge in [0.05, 0.1) is 23.1 Å². The van der Waals surface area contributed by atoms with Gasteiger partial charge in [0.1, 0.15) is 24.2 Å². The van der Waals surface area contributed by atoms with Gasteiger partial charge in [-0.15, -0.1) is 17.9 Å². The van der Waals surface area contributed by atoms with Crippen LogP contribution >= 0.6 is 11.3 Å². The molecule has 2 heterocycles. The van der Waals surface area contributed by atoms with Gasteiger partial charge in [-0.25, -0.2) is 9.97 Å². The number of imidazole rings is 1. The van der Waals surface area contributed by atoms with E-state index in [0.717, 1.165) is 40.3 Å². The van der Waals surface area contributed by atoms with Crippen LogP contribution in [0.3, 0.4) is 0 Å². The summed E-state index contributed by atoms with van der Waals surface area (Å²) in [6.45, 7) is 4.35. The fourth-order valence-electron chi connectivity index (χ4n) is 3.20. The Hall–Kier alpha value is -2.96. The third-order valence-corrected chi connectivity index (χ3v) is 5.06. The number of fused-ring (bicyclic) bond motifs is 1. The van der Waals surface area contributed by atoms with Crippen molar-refractivity contribution >= 4 is 22.4 Å². The Morgan fingerprint density at radius 2 is 2.00 bits per heavy atom. The molecule has 1 N–H and O–H groups in total. The van der Waals surface area contributed by atoms with E-state index in [1.54, 1.807) is 5.51 Å². The number of aliphatic hydroxyl groups excluding tert-OH is 1. The highest BCUT2D eigenvalue weighted by molar-refractivity contribution is 7.07. The molecule has 0 saturated carbocycles. The topological polar surface area (TPSA) is 60.2 Å². The molecule has 5 nitrogen and oxygen atoms in total. The van der Waals surface area contributed by atoms with E-state index >= 15 is 0 Å². The number of thiazole rings is 1. The minimum Gasteiger partial charge on any atom is -0.491 e. The lowest BCUT2D eigenvalue weighted by Gasteiger charge is -2.16. The Morgan fingerprint density at radius 3 is 2.82 bits per heavy atom. The fourth-order valence-corrected chi connectivity index (χ4v) is 3.73. The van der Waals surface area contributed by atoms with Crippen LogP contribution in [0.2, 0.25) is 0 Å². The van der Waals surface area contributed by atoms with Crippen molar-refractivity contribution in [1.82, 2.24) is 14.5 Å². The van der Waals surface area contributed by atoms with Crippen molar-refractivity contribution in [3.63, 3.8) is 0 Å². The molecule has 0 spiro atoms. The number of rotatable bonds is 8. The molecule has 0 aliphatic rings. The van der Waals surface area contributed by atoms with Crippen LogP contribution < -0.4 is 4.74 Å². The molecular formula is C22H21N3O2S. The van der Waals surface area contributed by atoms with Crippen LogP contribution in [0.1, 0.15) is 5.56 Å². The number of allylic oxidation sites excluding steroid dienone is 1. The standard InChI is InChI=1S/C22H21N3O2S/c1-2-7-16-8-3-6-11-21(16)27-13-17(26)12-25-20-10-5-4-9-18(20)24-22(25)19-14-28-15-23-19/h2-6,8-11,14-15,17,26H,1,7,12-13H2/t17-/m1/s1. The van der Waals surface area contributed by atoms with Gasteiger partial charge >= 0.3 is 0 Å². The third kappa shape index (κ3) is 3.83. The zero-order valence-electron chi connectivity index (χ0n) is 15.4. The predicted octanol–water partition coefficient (Wildman–Crippen LogP) is 4.33. The van der Waals surface area contributed by atoms with Crippen molar-refractivity contribution in [3.8, 4) is 17.3 Å². The van der Waals surface area contributed by atoms with Gasteiger partial charge in [0, 0.05) is 5.38 Å². The molecule has 1 atom stereocenters. The first-order chi connectivity index (χ1) is 13.8. The van der Waals surface area contributed by atoms with Crippen molar-refractivity contribution in [2.24, 2.45) is 0 Å². The molecule has 28 heavy (non-hydrogen) atoms. The molecule has 2 aromatic heterocycles. The molecule has 0 saturated heterocycles. The second-order valence-corrected chi connectivity index (χ2v) is 7.19. The van der Waals surface area contributed by atoms with Crippen LogP contribution in [0.4, 0.5) is 0 Å². The average Bonchev–Trinajstić information content (AvgIpc) is 3.36. The predicted molar refractivity (Wildman–Crippen MR) is 113 cm³/mol. The number of nitrogens with zero attached hydrogens (tertiary/aromatic N) is 3. The van der Waals surface area contributed by atoms with Crippen LogP contribution in [0.25, 0.3) is 22.6 Å². The summed E-state index contributed by atoms with van der Waals surface area (Å²) in [6, 6.07) is 15.7. The summed E-state index contributed by atoms with van der Waals surface area (Å²) >= 11 is 1.53. The quantitative estimate of drug-likeness (QED) is 0.454. The van der Waals surface area contributed by atoms with Crippen LogP contribution in [0.5, 0.6) is 5.75 Å². The first-order valence-corrected chi connectivity index (χ1v) is 10.0. The molecule has 0 aliphatic heterocycles. The van der Waals surface area contributed by atoms with E-state index in [4.69, 9.17) is 9.72 Å². The second kappa shape index (κ2) is 8.37. The summed E-state index contributed by atoms with van der Waals surface area (Å²) in [7, 11) is 0. The molecule has 0 aliphatic carbocycles. The third-order valence-electron chi connectivity index (χ3n) is 4.48. The number of para-hydroxylation sites is 3. The summed E-state index contributed by atoms with van der Waals surface area (Å²) in [5.41, 5.74) is 5.51. The van der Waals surface area contributed by atoms with Crippen LogP contribution in [0, 0.1) is 0 Å². The molecule has 0 unspecified atom stereocenters. The van der Waals surface area contributed by atoms with Crippen LogP contribution in [0.15, 0.2) is 72.1 Å². The van der Waals surface area contributed by atoms with E-state index < -0.39 is 6.10 Å². The van der Waals surface area contributed by atoms with Gasteiger partial charge in [0.2, 0.25) is 0 Å². The molecule has 2 aromatic carbocycles. The minimum absolute atomic E-state index is 0.192. The Balaban J connectivity index is 1.55. The maximum absolute atomic E-state index is 10.7. The van der Waals surface area contributed by atoms with Gasteiger partial charge in [-0.2, -0.15) is 0 Å². The summed E-state index contributed by atoms with van der Waals surface area (Å²) in [4.78, 5) is 9.10. The monoisotopic (exact) mass is 391 g/mol. The highest BCUT2D eigenvalue weighted by atomic mass is 32.1. The highest BCUT2D eigenvalue weighted by Gasteiger charge is 2.17. The lowest BCUT2D eigenvalue weighted by molar-refractivity contribution is 0.0934. The van der Waals surface area contributed by atoms with Crippen molar-refractivity contribution < 1.29 is 9.84 Å². The van der Waals surface area contributed by atoms with Crippen molar-refractivity contribution in [2.75, 3.05) is 6.61 Å². The normalized spacial score (nSPS) is 12.2. The molecule has 4 rings (SSSR count). The molecule has 0 fully saturated rings. The number of aromatic nitrogens is 3. The van der Waals surface area contributed by atoms with Gasteiger partial charge in [-0.1, -0.05) is 36.4 Å². The largest absolute Gasteiger partial charge is 0.491 e. The van der Waals surface area contributed by atoms with E-state index in [0.29, 0.717) is 6.54 Å². The molecular weight excluding hydrogens is 370 g/mol. The Morgan fingerprint density at radius 1 is 1.18 bits per heavy atom. The van der Waals surface area contributed by atoms with Crippen LogP contribution in [-0.2, 0) is 13.0 Å². The fraction of sp³-hybridized carbons (Fsp3) is 0.182. The molecule has 0 bridgehead atoms. The average molecular weight is 391 g/mol. The lowest BCUT2D eigenvalue weighted by atomic mass is 10.1. The van der Waals surface area contributed by atoms with Crippen molar-refractivity contribution in [2.45, 2.75) is 19.1 Å². The highest BCUT2D eigenvalue weighted by Crippen LogP contribution is 2.25. The maximum Gasteiger partial charge on any atom is 0.160 e. The first-order valence-electron chi connectivity index (χ1n) is 9.09. The van der Waals surface area contributed by atoms with E-state index in [1.807, 2.05) is 64.6 Å². The van der Waals surface area contributed by atoms with Gasteiger partial charge < -0.3 is 14.4 Å². The smallest absolute Gasteiger partial charge is 0.160 e. The van der Waals surface area contributed by atoms with E-state index in [-0.39, 0.29) is 6.61 Å². The number of aliphatic hydroxyl groups is 1. The van der Waals surface area contributed by atoms with Gasteiger partial charge in [-0.3, -0.25) is 0 Å². The van der Waals surface area contributed by atoms with Gasteiger partial charge in [0.25, 0.3) is 0 Å².